The van der Waals surface area contributed by atoms with E-state index in [9.17, 15) is 23.2 Å². The Bertz CT molecular complexity index is 1110. The summed E-state index contributed by atoms with van der Waals surface area (Å²) in [7, 11) is 0. The van der Waals surface area contributed by atoms with Crippen LogP contribution in [0, 0.1) is 11.6 Å². The summed E-state index contributed by atoms with van der Waals surface area (Å²) in [4.78, 5) is 36.1. The fourth-order valence-electron chi connectivity index (χ4n) is 2.73. The highest BCUT2D eigenvalue weighted by molar-refractivity contribution is 6.00. The molecule has 0 aliphatic rings. The van der Waals surface area contributed by atoms with E-state index in [0.717, 1.165) is 12.1 Å². The summed E-state index contributed by atoms with van der Waals surface area (Å²) in [6.07, 6.45) is 0. The molecule has 0 saturated carbocycles. The highest BCUT2D eigenvalue weighted by Gasteiger charge is 2.10. The van der Waals surface area contributed by atoms with Crippen LogP contribution in [0.25, 0.3) is 0 Å². The molecule has 0 fully saturated rings. The second kappa shape index (κ2) is 10.7. The van der Waals surface area contributed by atoms with Gasteiger partial charge in [0.05, 0.1) is 5.69 Å². The van der Waals surface area contributed by atoms with E-state index < -0.39 is 17.7 Å². The van der Waals surface area contributed by atoms with Crippen LogP contribution in [0.1, 0.15) is 20.7 Å². The van der Waals surface area contributed by atoms with E-state index in [2.05, 4.69) is 21.3 Å². The number of halogens is 2. The molecule has 164 valence electrons. The molecule has 0 aliphatic heterocycles. The van der Waals surface area contributed by atoms with Crippen molar-refractivity contribution in [2.24, 2.45) is 0 Å². The Morgan fingerprint density at radius 3 is 1.88 bits per heavy atom. The van der Waals surface area contributed by atoms with Gasteiger partial charge in [-0.3, -0.25) is 9.59 Å². The molecule has 7 nitrogen and oxygen atoms in total. The number of urea groups is 1. The van der Waals surface area contributed by atoms with E-state index in [-0.39, 0.29) is 30.6 Å². The van der Waals surface area contributed by atoms with Crippen LogP contribution in [-0.4, -0.2) is 30.9 Å². The third-order valence-corrected chi connectivity index (χ3v) is 4.32. The molecule has 0 unspecified atom stereocenters. The van der Waals surface area contributed by atoms with Gasteiger partial charge in [0.15, 0.2) is 0 Å². The molecule has 4 amide bonds. The molecule has 4 N–H and O–H groups in total. The molecule has 9 heteroatoms. The van der Waals surface area contributed by atoms with Crippen LogP contribution >= 0.6 is 0 Å². The number of hydrogen-bond acceptors (Lipinski definition) is 3. The lowest BCUT2D eigenvalue weighted by Gasteiger charge is -2.10. The molecule has 0 heterocycles. The van der Waals surface area contributed by atoms with Crippen LogP contribution in [0.15, 0.2) is 72.8 Å². The van der Waals surface area contributed by atoms with E-state index in [1.165, 1.54) is 24.3 Å². The normalized spacial score (nSPS) is 10.2. The van der Waals surface area contributed by atoms with Crippen molar-refractivity contribution in [1.82, 2.24) is 10.6 Å². The maximum absolute atomic E-state index is 13.6. The van der Waals surface area contributed by atoms with Crippen molar-refractivity contribution in [1.29, 1.82) is 0 Å². The molecule has 0 spiro atoms. The van der Waals surface area contributed by atoms with Gasteiger partial charge < -0.3 is 21.3 Å². The first kappa shape index (κ1) is 22.4. The lowest BCUT2D eigenvalue weighted by molar-refractivity contribution is 0.0927. The minimum Gasteiger partial charge on any atom is -0.350 e. The van der Waals surface area contributed by atoms with Crippen molar-refractivity contribution >= 4 is 29.2 Å². The number of carbonyl (C=O) groups excluding carboxylic acids is 3. The minimum atomic E-state index is -0.896. The Morgan fingerprint density at radius 2 is 1.28 bits per heavy atom. The minimum absolute atomic E-state index is 0.167. The SMILES string of the molecule is O=C(Nc1ccc(C(=O)NCCNC(=O)c2ccccc2)cc1)Nc1ccc(F)cc1F. The predicted octanol–water partition coefficient (Wildman–Crippen LogP) is 3.77. The van der Waals surface area contributed by atoms with Gasteiger partial charge in [-0.25, -0.2) is 13.6 Å². The van der Waals surface area contributed by atoms with E-state index in [1.54, 1.807) is 24.3 Å². The van der Waals surface area contributed by atoms with Crippen LogP contribution in [0.2, 0.25) is 0 Å². The van der Waals surface area contributed by atoms with E-state index in [1.807, 2.05) is 6.07 Å². The zero-order valence-electron chi connectivity index (χ0n) is 16.8. The van der Waals surface area contributed by atoms with Crippen LogP contribution in [0.4, 0.5) is 25.0 Å². The quantitative estimate of drug-likeness (QED) is 0.423. The van der Waals surface area contributed by atoms with Crippen molar-refractivity contribution in [3.8, 4) is 0 Å². The highest BCUT2D eigenvalue weighted by atomic mass is 19.1. The first-order valence-electron chi connectivity index (χ1n) is 9.67. The first-order chi connectivity index (χ1) is 15.4. The van der Waals surface area contributed by atoms with E-state index >= 15 is 0 Å². The average molecular weight is 438 g/mol. The molecule has 0 atom stereocenters. The predicted molar refractivity (Wildman–Crippen MR) is 117 cm³/mol. The molecule has 0 radical (unpaired) electrons. The smallest absolute Gasteiger partial charge is 0.323 e. The van der Waals surface area contributed by atoms with Crippen molar-refractivity contribution < 1.29 is 23.2 Å². The summed E-state index contributed by atoms with van der Waals surface area (Å²) in [6.45, 7) is 0.502. The van der Waals surface area contributed by atoms with Gasteiger partial charge in [-0.2, -0.15) is 0 Å². The number of anilines is 2. The van der Waals surface area contributed by atoms with Gasteiger partial charge in [0.1, 0.15) is 11.6 Å². The molecule has 0 bridgehead atoms. The van der Waals surface area contributed by atoms with Gasteiger partial charge in [-0.15, -0.1) is 0 Å². The van der Waals surface area contributed by atoms with Crippen molar-refractivity contribution in [2.45, 2.75) is 0 Å². The second-order valence-electron chi connectivity index (χ2n) is 6.66. The van der Waals surface area contributed by atoms with Crippen LogP contribution in [0.3, 0.4) is 0 Å². The summed E-state index contributed by atoms with van der Waals surface area (Å²) in [6, 6.07) is 16.8. The van der Waals surface area contributed by atoms with Crippen LogP contribution in [0.5, 0.6) is 0 Å². The summed E-state index contributed by atoms with van der Waals surface area (Å²) < 4.78 is 26.5. The Kier molecular flexibility index (Phi) is 7.47. The molecule has 0 aromatic heterocycles. The zero-order chi connectivity index (χ0) is 22.9. The molecule has 0 aliphatic carbocycles. The van der Waals surface area contributed by atoms with Gasteiger partial charge in [-0.05, 0) is 48.5 Å². The standard InChI is InChI=1S/C23H20F2N4O3/c24-17-8-11-20(19(25)14-17)29-23(32)28-18-9-6-16(7-10-18)22(31)27-13-12-26-21(30)15-4-2-1-3-5-15/h1-11,14H,12-13H2,(H,26,30)(H,27,31)(H2,28,29,32). The third kappa shape index (κ3) is 6.36. The molecule has 3 aromatic carbocycles. The molecule has 0 saturated heterocycles. The Labute approximate surface area is 182 Å². The lowest BCUT2D eigenvalue weighted by Crippen LogP contribution is -2.34. The van der Waals surface area contributed by atoms with Gasteiger partial charge in [0.2, 0.25) is 0 Å². The fraction of sp³-hybridized carbons (Fsp3) is 0.0870. The Hall–Kier alpha value is -4.27. The monoisotopic (exact) mass is 438 g/mol. The van der Waals surface area contributed by atoms with Crippen LogP contribution < -0.4 is 21.3 Å². The number of amides is 4. The third-order valence-electron chi connectivity index (χ3n) is 4.32. The maximum atomic E-state index is 13.6. The van der Waals surface area contributed by atoms with Crippen molar-refractivity contribution in [3.63, 3.8) is 0 Å². The van der Waals surface area contributed by atoms with Crippen molar-refractivity contribution in [2.75, 3.05) is 23.7 Å². The largest absolute Gasteiger partial charge is 0.350 e. The van der Waals surface area contributed by atoms with Gasteiger partial charge in [0.25, 0.3) is 11.8 Å². The topological polar surface area (TPSA) is 99.3 Å². The summed E-state index contributed by atoms with van der Waals surface area (Å²) in [5.41, 5.74) is 1.10. The second-order valence-corrected chi connectivity index (χ2v) is 6.66. The zero-order valence-corrected chi connectivity index (χ0v) is 16.8. The highest BCUT2D eigenvalue weighted by Crippen LogP contribution is 2.16. The summed E-state index contributed by atoms with van der Waals surface area (Å²) in [5.74, 6) is -2.22. The Balaban J connectivity index is 1.43. The molecular formula is C23H20F2N4O3. The number of benzene rings is 3. The molecule has 3 rings (SSSR count). The number of rotatable bonds is 7. The number of nitrogens with one attached hydrogen (secondary N) is 4. The van der Waals surface area contributed by atoms with E-state index in [4.69, 9.17) is 0 Å². The summed E-state index contributed by atoms with van der Waals surface area (Å²) >= 11 is 0. The molecule has 32 heavy (non-hydrogen) atoms. The van der Waals surface area contributed by atoms with E-state index in [0.29, 0.717) is 22.9 Å². The molecule has 3 aromatic rings. The van der Waals surface area contributed by atoms with Gasteiger partial charge in [0, 0.05) is 36.0 Å². The molecular weight excluding hydrogens is 418 g/mol. The van der Waals surface area contributed by atoms with Gasteiger partial charge >= 0.3 is 6.03 Å². The average Bonchev–Trinajstić information content (AvgIpc) is 2.79. The van der Waals surface area contributed by atoms with Crippen molar-refractivity contribution in [3.05, 3.63) is 95.6 Å². The maximum Gasteiger partial charge on any atom is 0.323 e. The lowest BCUT2D eigenvalue weighted by atomic mass is 10.2. The summed E-state index contributed by atoms with van der Waals surface area (Å²) in [5, 5.41) is 10.2. The number of carbonyl (C=O) groups is 3. The first-order valence-corrected chi connectivity index (χ1v) is 9.67. The fourth-order valence-corrected chi connectivity index (χ4v) is 2.73. The number of hydrogen-bond donors (Lipinski definition) is 4. The Morgan fingerprint density at radius 1 is 0.688 bits per heavy atom. The van der Waals surface area contributed by atoms with Gasteiger partial charge in [-0.1, -0.05) is 18.2 Å². The van der Waals surface area contributed by atoms with Crippen LogP contribution in [-0.2, 0) is 0 Å².